The number of hydrogen-bond donors (Lipinski definition) is 0. The highest BCUT2D eigenvalue weighted by Gasteiger charge is 2.17. The summed E-state index contributed by atoms with van der Waals surface area (Å²) in [5.74, 6) is 0.603. The molecule has 1 unspecified atom stereocenters. The van der Waals surface area contributed by atoms with Gasteiger partial charge >= 0.3 is 0 Å². The van der Waals surface area contributed by atoms with Gasteiger partial charge in [-0.1, -0.05) is 20.3 Å². The van der Waals surface area contributed by atoms with Gasteiger partial charge in [-0.05, 0) is 12.8 Å². The quantitative estimate of drug-likeness (QED) is 0.773. The Labute approximate surface area is 95.1 Å². The molecule has 1 rings (SSSR count). The van der Waals surface area contributed by atoms with E-state index in [2.05, 4.69) is 18.8 Å². The largest absolute Gasteiger partial charge is 0.337 e. The van der Waals surface area contributed by atoms with Gasteiger partial charge in [0.15, 0.2) is 0 Å². The fraction of sp³-hybridized carbons (Fsp3) is 0.636. The number of aromatic nitrogens is 1. The summed E-state index contributed by atoms with van der Waals surface area (Å²) in [5.41, 5.74) is 2.27. The van der Waals surface area contributed by atoms with E-state index in [1.54, 1.807) is 5.51 Å². The lowest BCUT2D eigenvalue weighted by Gasteiger charge is -2.23. The molecule has 1 atom stereocenters. The second-order valence-electron chi connectivity index (χ2n) is 3.73. The van der Waals surface area contributed by atoms with Crippen LogP contribution in [-0.4, -0.2) is 28.9 Å². The Balaban J connectivity index is 2.63. The maximum atomic E-state index is 12.0. The Morgan fingerprint density at radius 2 is 2.33 bits per heavy atom. The molecule has 0 saturated heterocycles. The first-order valence-electron chi connectivity index (χ1n) is 5.36. The van der Waals surface area contributed by atoms with Crippen molar-refractivity contribution < 1.29 is 4.79 Å². The van der Waals surface area contributed by atoms with Gasteiger partial charge in [0.2, 0.25) is 0 Å². The maximum Gasteiger partial charge on any atom is 0.273 e. The standard InChI is InChI=1S/C11H18N2OS/c1-4-9(3)6-13(5-2)11(14)10-7-15-8-12-10/h7-9H,4-6H2,1-3H3. The van der Waals surface area contributed by atoms with Crippen molar-refractivity contribution in [1.29, 1.82) is 0 Å². The van der Waals surface area contributed by atoms with E-state index in [1.807, 2.05) is 17.2 Å². The number of carbonyl (C=O) groups is 1. The van der Waals surface area contributed by atoms with Crippen LogP contribution >= 0.6 is 11.3 Å². The van der Waals surface area contributed by atoms with E-state index in [-0.39, 0.29) is 5.91 Å². The van der Waals surface area contributed by atoms with Crippen molar-refractivity contribution in [2.75, 3.05) is 13.1 Å². The van der Waals surface area contributed by atoms with Crippen LogP contribution in [0.4, 0.5) is 0 Å². The van der Waals surface area contributed by atoms with E-state index < -0.39 is 0 Å². The normalized spacial score (nSPS) is 12.5. The minimum absolute atomic E-state index is 0.0547. The lowest BCUT2D eigenvalue weighted by Crippen LogP contribution is -2.34. The Kier molecular flexibility index (Phi) is 4.75. The maximum absolute atomic E-state index is 12.0. The summed E-state index contributed by atoms with van der Waals surface area (Å²) in [6.07, 6.45) is 1.10. The number of rotatable bonds is 5. The van der Waals surface area contributed by atoms with Crippen LogP contribution in [0.15, 0.2) is 10.9 Å². The van der Waals surface area contributed by atoms with E-state index >= 15 is 0 Å². The van der Waals surface area contributed by atoms with E-state index in [1.165, 1.54) is 11.3 Å². The third-order valence-electron chi connectivity index (χ3n) is 2.55. The fourth-order valence-electron chi connectivity index (χ4n) is 1.34. The zero-order valence-corrected chi connectivity index (χ0v) is 10.4. The van der Waals surface area contributed by atoms with Gasteiger partial charge in [-0.15, -0.1) is 11.3 Å². The van der Waals surface area contributed by atoms with Gasteiger partial charge in [-0.2, -0.15) is 0 Å². The van der Waals surface area contributed by atoms with E-state index in [0.29, 0.717) is 11.6 Å². The van der Waals surface area contributed by atoms with Crippen molar-refractivity contribution in [3.05, 3.63) is 16.6 Å². The molecule has 4 heteroatoms. The van der Waals surface area contributed by atoms with Gasteiger partial charge < -0.3 is 4.90 Å². The van der Waals surface area contributed by atoms with Crippen LogP contribution in [0.5, 0.6) is 0 Å². The van der Waals surface area contributed by atoms with E-state index in [0.717, 1.165) is 19.5 Å². The zero-order chi connectivity index (χ0) is 11.3. The van der Waals surface area contributed by atoms with Gasteiger partial charge in [0.05, 0.1) is 5.51 Å². The molecule has 0 radical (unpaired) electrons. The third kappa shape index (κ3) is 3.30. The summed E-state index contributed by atoms with van der Waals surface area (Å²) in [6, 6.07) is 0. The second-order valence-corrected chi connectivity index (χ2v) is 4.45. The molecule has 1 aromatic rings. The van der Waals surface area contributed by atoms with E-state index in [9.17, 15) is 4.79 Å². The van der Waals surface area contributed by atoms with Crippen molar-refractivity contribution in [2.45, 2.75) is 27.2 Å². The second kappa shape index (κ2) is 5.85. The summed E-state index contributed by atoms with van der Waals surface area (Å²) in [7, 11) is 0. The number of hydrogen-bond acceptors (Lipinski definition) is 3. The molecule has 0 fully saturated rings. The number of amides is 1. The topological polar surface area (TPSA) is 33.2 Å². The first-order chi connectivity index (χ1) is 7.19. The number of nitrogens with zero attached hydrogens (tertiary/aromatic N) is 2. The van der Waals surface area contributed by atoms with Gasteiger partial charge in [0.25, 0.3) is 5.91 Å². The van der Waals surface area contributed by atoms with Gasteiger partial charge in [0, 0.05) is 18.5 Å². The average Bonchev–Trinajstić information content (AvgIpc) is 2.77. The van der Waals surface area contributed by atoms with Crippen LogP contribution < -0.4 is 0 Å². The summed E-state index contributed by atoms with van der Waals surface area (Å²) in [4.78, 5) is 17.9. The highest BCUT2D eigenvalue weighted by Crippen LogP contribution is 2.09. The van der Waals surface area contributed by atoms with Crippen LogP contribution in [0, 0.1) is 5.92 Å². The number of thiazole rings is 1. The van der Waals surface area contributed by atoms with Crippen LogP contribution in [0.3, 0.4) is 0 Å². The minimum Gasteiger partial charge on any atom is -0.337 e. The van der Waals surface area contributed by atoms with Crippen LogP contribution in [0.25, 0.3) is 0 Å². The predicted octanol–water partition coefficient (Wildman–Crippen LogP) is 2.65. The summed E-state index contributed by atoms with van der Waals surface area (Å²) >= 11 is 1.46. The van der Waals surface area contributed by atoms with Gasteiger partial charge in [-0.3, -0.25) is 4.79 Å². The molecular formula is C11H18N2OS. The molecular weight excluding hydrogens is 208 g/mol. The molecule has 1 aromatic heterocycles. The molecule has 0 N–H and O–H groups in total. The Bertz CT molecular complexity index is 298. The van der Waals surface area contributed by atoms with E-state index in [4.69, 9.17) is 0 Å². The molecule has 0 saturated carbocycles. The molecule has 0 aliphatic rings. The monoisotopic (exact) mass is 226 g/mol. The first kappa shape index (κ1) is 12.2. The minimum atomic E-state index is 0.0547. The van der Waals surface area contributed by atoms with Gasteiger partial charge in [0.1, 0.15) is 5.69 Å². The Morgan fingerprint density at radius 1 is 1.60 bits per heavy atom. The Morgan fingerprint density at radius 3 is 2.80 bits per heavy atom. The molecule has 3 nitrogen and oxygen atoms in total. The Hall–Kier alpha value is -0.900. The summed E-state index contributed by atoms with van der Waals surface area (Å²) < 4.78 is 0. The highest BCUT2D eigenvalue weighted by molar-refractivity contribution is 7.07. The highest BCUT2D eigenvalue weighted by atomic mass is 32.1. The molecule has 1 amide bonds. The van der Waals surface area contributed by atoms with Crippen LogP contribution in [0.1, 0.15) is 37.7 Å². The first-order valence-corrected chi connectivity index (χ1v) is 6.30. The zero-order valence-electron chi connectivity index (χ0n) is 9.56. The molecule has 84 valence electrons. The molecule has 0 spiro atoms. The van der Waals surface area contributed by atoms with Crippen molar-refractivity contribution in [2.24, 2.45) is 5.92 Å². The molecule has 1 heterocycles. The molecule has 0 aliphatic heterocycles. The summed E-state index contributed by atoms with van der Waals surface area (Å²) in [6.45, 7) is 7.89. The molecule has 0 bridgehead atoms. The van der Waals surface area contributed by atoms with Crippen molar-refractivity contribution in [3.8, 4) is 0 Å². The lowest BCUT2D eigenvalue weighted by molar-refractivity contribution is 0.0736. The van der Waals surface area contributed by atoms with Gasteiger partial charge in [-0.25, -0.2) is 4.98 Å². The smallest absolute Gasteiger partial charge is 0.273 e. The molecule has 0 aliphatic carbocycles. The molecule has 0 aromatic carbocycles. The van der Waals surface area contributed by atoms with Crippen molar-refractivity contribution >= 4 is 17.2 Å². The predicted molar refractivity (Wildman–Crippen MR) is 63.1 cm³/mol. The van der Waals surface area contributed by atoms with Crippen LogP contribution in [0.2, 0.25) is 0 Å². The average molecular weight is 226 g/mol. The van der Waals surface area contributed by atoms with Crippen molar-refractivity contribution in [3.63, 3.8) is 0 Å². The lowest BCUT2D eigenvalue weighted by atomic mass is 10.1. The number of carbonyl (C=O) groups excluding carboxylic acids is 1. The SMILES string of the molecule is CCC(C)CN(CC)C(=O)c1cscn1. The van der Waals surface area contributed by atoms with Crippen LogP contribution in [-0.2, 0) is 0 Å². The third-order valence-corrected chi connectivity index (χ3v) is 3.14. The fourth-order valence-corrected chi connectivity index (χ4v) is 1.87. The van der Waals surface area contributed by atoms with Crippen molar-refractivity contribution in [1.82, 2.24) is 9.88 Å². The summed E-state index contributed by atoms with van der Waals surface area (Å²) in [5, 5.41) is 1.81. The molecule has 15 heavy (non-hydrogen) atoms.